The van der Waals surface area contributed by atoms with Gasteiger partial charge >= 0.3 is 5.97 Å². The van der Waals surface area contributed by atoms with E-state index in [-0.39, 0.29) is 17.9 Å². The molecule has 1 heterocycles. The molecule has 0 bridgehead atoms. The molecule has 6 heteroatoms. The number of amides is 1. The highest BCUT2D eigenvalue weighted by molar-refractivity contribution is 5.84. The SMILES string of the molecule is CCOCCC1(C(=O)N2CCOC(C(=O)O)C2)CCCC1. The third-order valence-electron chi connectivity index (χ3n) is 4.57. The highest BCUT2D eigenvalue weighted by atomic mass is 16.5. The minimum atomic E-state index is -0.998. The van der Waals surface area contributed by atoms with E-state index >= 15 is 0 Å². The minimum Gasteiger partial charge on any atom is -0.479 e. The van der Waals surface area contributed by atoms with E-state index in [0.29, 0.717) is 26.4 Å². The topological polar surface area (TPSA) is 76.1 Å². The summed E-state index contributed by atoms with van der Waals surface area (Å²) in [5, 5.41) is 9.06. The summed E-state index contributed by atoms with van der Waals surface area (Å²) in [6.45, 7) is 4.13. The Hall–Kier alpha value is -1.14. The standard InChI is InChI=1S/C15H25NO5/c1-2-20-9-7-15(5-3-4-6-15)14(19)16-8-10-21-12(11-16)13(17)18/h12H,2-11H2,1H3,(H,17,18). The van der Waals surface area contributed by atoms with Crippen LogP contribution in [0.5, 0.6) is 0 Å². The lowest BCUT2D eigenvalue weighted by Crippen LogP contribution is -2.53. The fourth-order valence-electron chi connectivity index (χ4n) is 3.35. The second-order valence-electron chi connectivity index (χ2n) is 5.88. The number of ether oxygens (including phenoxy) is 2. The fraction of sp³-hybridized carbons (Fsp3) is 0.867. The van der Waals surface area contributed by atoms with Crippen molar-refractivity contribution in [2.45, 2.75) is 45.1 Å². The average molecular weight is 299 g/mol. The zero-order chi connectivity index (χ0) is 15.3. The first kappa shape index (κ1) is 16.2. The van der Waals surface area contributed by atoms with Crippen LogP contribution in [0.4, 0.5) is 0 Å². The maximum Gasteiger partial charge on any atom is 0.334 e. The average Bonchev–Trinajstić information content (AvgIpc) is 2.97. The second-order valence-corrected chi connectivity index (χ2v) is 5.88. The lowest BCUT2D eigenvalue weighted by molar-refractivity contribution is -0.163. The van der Waals surface area contributed by atoms with Gasteiger partial charge in [-0.25, -0.2) is 4.79 Å². The van der Waals surface area contributed by atoms with Crippen molar-refractivity contribution in [2.24, 2.45) is 5.41 Å². The van der Waals surface area contributed by atoms with Gasteiger partial charge in [0, 0.05) is 19.8 Å². The van der Waals surface area contributed by atoms with Crippen LogP contribution in [0, 0.1) is 5.41 Å². The molecule has 1 N–H and O–H groups in total. The number of nitrogens with zero attached hydrogens (tertiary/aromatic N) is 1. The predicted molar refractivity (Wildman–Crippen MR) is 76.0 cm³/mol. The summed E-state index contributed by atoms with van der Waals surface area (Å²) < 4.78 is 10.6. The van der Waals surface area contributed by atoms with Crippen LogP contribution in [0.1, 0.15) is 39.0 Å². The molecule has 1 atom stereocenters. The Bertz CT molecular complexity index is 378. The molecule has 2 aliphatic rings. The smallest absolute Gasteiger partial charge is 0.334 e. The lowest BCUT2D eigenvalue weighted by Gasteiger charge is -2.38. The van der Waals surface area contributed by atoms with Crippen molar-refractivity contribution < 1.29 is 24.2 Å². The van der Waals surface area contributed by atoms with Crippen molar-refractivity contribution in [3.8, 4) is 0 Å². The number of hydrogen-bond acceptors (Lipinski definition) is 4. The van der Waals surface area contributed by atoms with Gasteiger partial charge < -0.3 is 19.5 Å². The van der Waals surface area contributed by atoms with Crippen molar-refractivity contribution >= 4 is 11.9 Å². The third kappa shape index (κ3) is 3.74. The number of carboxylic acid groups (broad SMARTS) is 1. The van der Waals surface area contributed by atoms with Crippen LogP contribution in [0.25, 0.3) is 0 Å². The first-order valence-electron chi connectivity index (χ1n) is 7.80. The van der Waals surface area contributed by atoms with Gasteiger partial charge in [0.15, 0.2) is 6.10 Å². The molecule has 1 aliphatic carbocycles. The Balaban J connectivity index is 2.02. The van der Waals surface area contributed by atoms with Crippen molar-refractivity contribution in [2.75, 3.05) is 32.9 Å². The first-order valence-corrected chi connectivity index (χ1v) is 7.80. The monoisotopic (exact) mass is 299 g/mol. The van der Waals surface area contributed by atoms with Gasteiger partial charge in [-0.3, -0.25) is 4.79 Å². The summed E-state index contributed by atoms with van der Waals surface area (Å²) in [7, 11) is 0. The van der Waals surface area contributed by atoms with E-state index in [9.17, 15) is 9.59 Å². The summed E-state index contributed by atoms with van der Waals surface area (Å²) >= 11 is 0. The molecule has 120 valence electrons. The van der Waals surface area contributed by atoms with Crippen molar-refractivity contribution in [3.05, 3.63) is 0 Å². The minimum absolute atomic E-state index is 0.0919. The second kappa shape index (κ2) is 7.22. The number of carbonyl (C=O) groups excluding carboxylic acids is 1. The molecule has 1 aliphatic heterocycles. The van der Waals surface area contributed by atoms with E-state index in [1.807, 2.05) is 6.92 Å². The molecule has 0 aromatic heterocycles. The van der Waals surface area contributed by atoms with Crippen LogP contribution >= 0.6 is 0 Å². The Morgan fingerprint density at radius 3 is 2.71 bits per heavy atom. The first-order chi connectivity index (χ1) is 10.1. The van der Waals surface area contributed by atoms with Crippen LogP contribution < -0.4 is 0 Å². The molecule has 1 saturated carbocycles. The quantitative estimate of drug-likeness (QED) is 0.748. The van der Waals surface area contributed by atoms with E-state index in [4.69, 9.17) is 14.6 Å². The van der Waals surface area contributed by atoms with Crippen molar-refractivity contribution in [1.29, 1.82) is 0 Å². The van der Waals surface area contributed by atoms with Gasteiger partial charge in [-0.1, -0.05) is 12.8 Å². The highest BCUT2D eigenvalue weighted by Gasteiger charge is 2.44. The van der Waals surface area contributed by atoms with Crippen molar-refractivity contribution in [3.63, 3.8) is 0 Å². The van der Waals surface area contributed by atoms with E-state index in [0.717, 1.165) is 32.1 Å². The molecular formula is C15H25NO5. The number of hydrogen-bond donors (Lipinski definition) is 1. The fourth-order valence-corrected chi connectivity index (χ4v) is 3.35. The number of rotatable bonds is 6. The normalized spacial score (nSPS) is 25.0. The predicted octanol–water partition coefficient (Wildman–Crippen LogP) is 1.29. The van der Waals surface area contributed by atoms with Crippen LogP contribution in [0.15, 0.2) is 0 Å². The number of aliphatic carboxylic acids is 1. The van der Waals surface area contributed by atoms with Gasteiger partial charge in [0.1, 0.15) is 0 Å². The van der Waals surface area contributed by atoms with E-state index in [1.54, 1.807) is 4.90 Å². The van der Waals surface area contributed by atoms with E-state index < -0.39 is 12.1 Å². The Kier molecular flexibility index (Phi) is 5.58. The molecule has 2 rings (SSSR count). The third-order valence-corrected chi connectivity index (χ3v) is 4.57. The molecule has 0 spiro atoms. The van der Waals surface area contributed by atoms with Crippen LogP contribution in [0.3, 0.4) is 0 Å². The number of morpholine rings is 1. The Morgan fingerprint density at radius 2 is 2.10 bits per heavy atom. The summed E-state index contributed by atoms with van der Waals surface area (Å²) in [6, 6.07) is 0. The van der Waals surface area contributed by atoms with Gasteiger partial charge in [-0.15, -0.1) is 0 Å². The molecule has 0 aromatic rings. The molecule has 1 saturated heterocycles. The maximum atomic E-state index is 12.9. The van der Waals surface area contributed by atoms with Crippen LogP contribution in [-0.2, 0) is 19.1 Å². The molecule has 1 unspecified atom stereocenters. The number of carboxylic acids is 1. The largest absolute Gasteiger partial charge is 0.479 e. The highest BCUT2D eigenvalue weighted by Crippen LogP contribution is 2.43. The molecule has 21 heavy (non-hydrogen) atoms. The van der Waals surface area contributed by atoms with Crippen LogP contribution in [-0.4, -0.2) is 60.9 Å². The summed E-state index contributed by atoms with van der Waals surface area (Å²) in [4.78, 5) is 25.6. The van der Waals surface area contributed by atoms with Gasteiger partial charge in [-0.2, -0.15) is 0 Å². The van der Waals surface area contributed by atoms with E-state index in [1.165, 1.54) is 0 Å². The number of carbonyl (C=O) groups is 2. The Labute approximate surface area is 125 Å². The molecule has 0 aromatic carbocycles. The molecule has 2 fully saturated rings. The van der Waals surface area contributed by atoms with Gasteiger partial charge in [0.25, 0.3) is 0 Å². The summed E-state index contributed by atoms with van der Waals surface area (Å²) in [5.41, 5.74) is -0.352. The maximum absolute atomic E-state index is 12.9. The summed E-state index contributed by atoms with van der Waals surface area (Å²) in [6.07, 6.45) is 3.72. The van der Waals surface area contributed by atoms with Gasteiger partial charge in [0.2, 0.25) is 5.91 Å². The zero-order valence-corrected chi connectivity index (χ0v) is 12.7. The zero-order valence-electron chi connectivity index (χ0n) is 12.7. The van der Waals surface area contributed by atoms with E-state index in [2.05, 4.69) is 0 Å². The molecule has 6 nitrogen and oxygen atoms in total. The lowest BCUT2D eigenvalue weighted by atomic mass is 9.81. The molecule has 0 radical (unpaired) electrons. The molecule has 1 amide bonds. The molecular weight excluding hydrogens is 274 g/mol. The van der Waals surface area contributed by atoms with Crippen molar-refractivity contribution in [1.82, 2.24) is 4.90 Å². The van der Waals surface area contributed by atoms with Gasteiger partial charge in [-0.05, 0) is 26.2 Å². The Morgan fingerprint density at radius 1 is 1.38 bits per heavy atom. The summed E-state index contributed by atoms with van der Waals surface area (Å²) in [5.74, 6) is -0.906. The van der Waals surface area contributed by atoms with Crippen LogP contribution in [0.2, 0.25) is 0 Å². The van der Waals surface area contributed by atoms with Gasteiger partial charge in [0.05, 0.1) is 18.6 Å².